The van der Waals surface area contributed by atoms with Crippen LogP contribution in [0.3, 0.4) is 0 Å². The quantitative estimate of drug-likeness (QED) is 0.925. The molecule has 0 aliphatic heterocycles. The highest BCUT2D eigenvalue weighted by atomic mass is 35.5. The minimum absolute atomic E-state index is 0.640. The fraction of sp³-hybridized carbons (Fsp3) is 0.267. The van der Waals surface area contributed by atoms with Crippen LogP contribution in [0.1, 0.15) is 16.8 Å². The monoisotopic (exact) mass is 292 g/mol. The molecule has 1 heterocycles. The van der Waals surface area contributed by atoms with Gasteiger partial charge in [0.2, 0.25) is 0 Å². The maximum absolute atomic E-state index is 6.31. The largest absolute Gasteiger partial charge is 0.330 e. The van der Waals surface area contributed by atoms with Crippen molar-refractivity contribution in [1.82, 2.24) is 4.98 Å². The van der Waals surface area contributed by atoms with E-state index in [-0.39, 0.29) is 0 Å². The van der Waals surface area contributed by atoms with E-state index in [4.69, 9.17) is 17.3 Å². The molecule has 0 amide bonds. The molecule has 2 rings (SSSR count). The van der Waals surface area contributed by atoms with Gasteiger partial charge in [-0.3, -0.25) is 0 Å². The number of aryl methyl sites for hydroxylation is 2. The number of hydrogen-bond donors (Lipinski definition) is 1. The Morgan fingerprint density at radius 2 is 2.00 bits per heavy atom. The summed E-state index contributed by atoms with van der Waals surface area (Å²) in [6.07, 6.45) is 0.854. The van der Waals surface area contributed by atoms with Crippen LogP contribution in [0, 0.1) is 13.8 Å². The lowest BCUT2D eigenvalue weighted by Gasteiger charge is -2.07. The van der Waals surface area contributed by atoms with Crippen LogP contribution in [0.4, 0.5) is 0 Å². The highest BCUT2D eigenvalue weighted by molar-refractivity contribution is 7.99. The lowest BCUT2D eigenvalue weighted by atomic mass is 10.1. The van der Waals surface area contributed by atoms with Crippen LogP contribution < -0.4 is 5.73 Å². The van der Waals surface area contributed by atoms with Gasteiger partial charge >= 0.3 is 0 Å². The summed E-state index contributed by atoms with van der Waals surface area (Å²) in [5, 5.41) is 1.74. The van der Waals surface area contributed by atoms with Gasteiger partial charge in [-0.1, -0.05) is 29.4 Å². The van der Waals surface area contributed by atoms with E-state index < -0.39 is 0 Å². The van der Waals surface area contributed by atoms with Gasteiger partial charge < -0.3 is 5.73 Å². The summed E-state index contributed by atoms with van der Waals surface area (Å²) in [7, 11) is 0. The van der Waals surface area contributed by atoms with E-state index in [9.17, 15) is 0 Å². The topological polar surface area (TPSA) is 38.9 Å². The minimum atomic E-state index is 0.640. The Bertz CT molecular complexity index is 564. The Kier molecular flexibility index (Phi) is 4.86. The number of halogens is 1. The lowest BCUT2D eigenvalue weighted by Crippen LogP contribution is -2.02. The molecule has 19 heavy (non-hydrogen) atoms. The summed E-state index contributed by atoms with van der Waals surface area (Å²) in [4.78, 5) is 5.54. The summed E-state index contributed by atoms with van der Waals surface area (Å²) in [5.41, 5.74) is 8.96. The van der Waals surface area contributed by atoms with E-state index in [1.165, 1.54) is 11.1 Å². The highest BCUT2D eigenvalue weighted by Crippen LogP contribution is 2.33. The highest BCUT2D eigenvalue weighted by Gasteiger charge is 2.06. The molecule has 100 valence electrons. The number of aromatic nitrogens is 1. The Hall–Kier alpha value is -1.03. The average molecular weight is 293 g/mol. The molecule has 1 aromatic carbocycles. The molecule has 0 saturated heterocycles. The molecule has 0 fully saturated rings. The van der Waals surface area contributed by atoms with Crippen LogP contribution in [0.2, 0.25) is 5.02 Å². The van der Waals surface area contributed by atoms with Crippen LogP contribution in [0.25, 0.3) is 0 Å². The fourth-order valence-electron chi connectivity index (χ4n) is 1.92. The second kappa shape index (κ2) is 6.42. The van der Waals surface area contributed by atoms with Crippen molar-refractivity contribution in [3.8, 4) is 0 Å². The van der Waals surface area contributed by atoms with E-state index >= 15 is 0 Å². The maximum atomic E-state index is 6.31. The van der Waals surface area contributed by atoms with Crippen LogP contribution in [-0.2, 0) is 6.42 Å². The Morgan fingerprint density at radius 1 is 1.21 bits per heavy atom. The smallest absolute Gasteiger partial charge is 0.101 e. The van der Waals surface area contributed by atoms with Gasteiger partial charge in [-0.2, -0.15) is 0 Å². The molecule has 0 unspecified atom stereocenters. The third-order valence-electron chi connectivity index (χ3n) is 2.72. The summed E-state index contributed by atoms with van der Waals surface area (Å²) in [6.45, 7) is 4.72. The molecule has 0 saturated carbocycles. The van der Waals surface area contributed by atoms with E-state index in [1.807, 2.05) is 19.1 Å². The van der Waals surface area contributed by atoms with Gasteiger partial charge in [0.15, 0.2) is 0 Å². The minimum Gasteiger partial charge on any atom is -0.330 e. The molecule has 0 bridgehead atoms. The number of nitrogens with two attached hydrogens (primary N) is 1. The normalized spacial score (nSPS) is 10.7. The standard InChI is InChI=1S/C15H17ClN2S/c1-10-7-11(2)18-15(8-10)19-14-4-3-12(5-6-17)9-13(14)16/h3-4,7-9H,5-6,17H2,1-2H3. The lowest BCUT2D eigenvalue weighted by molar-refractivity contribution is 0.966. The molecule has 0 spiro atoms. The van der Waals surface area contributed by atoms with Crippen molar-refractivity contribution in [3.05, 3.63) is 52.2 Å². The van der Waals surface area contributed by atoms with E-state index in [2.05, 4.69) is 30.1 Å². The van der Waals surface area contributed by atoms with Crippen molar-refractivity contribution in [2.24, 2.45) is 5.73 Å². The summed E-state index contributed by atoms with van der Waals surface area (Å²) in [6, 6.07) is 10.2. The van der Waals surface area contributed by atoms with Crippen molar-refractivity contribution in [2.75, 3.05) is 6.54 Å². The number of benzene rings is 1. The second-order valence-electron chi connectivity index (χ2n) is 4.53. The zero-order valence-corrected chi connectivity index (χ0v) is 12.7. The molecular formula is C15H17ClN2S. The summed E-state index contributed by atoms with van der Waals surface area (Å²) >= 11 is 7.90. The molecule has 0 atom stereocenters. The number of hydrogen-bond acceptors (Lipinski definition) is 3. The zero-order valence-electron chi connectivity index (χ0n) is 11.1. The molecule has 2 nitrogen and oxygen atoms in total. The molecule has 2 N–H and O–H groups in total. The zero-order chi connectivity index (χ0) is 13.8. The van der Waals surface area contributed by atoms with Crippen LogP contribution in [-0.4, -0.2) is 11.5 Å². The van der Waals surface area contributed by atoms with Gasteiger partial charge in [0.1, 0.15) is 5.03 Å². The predicted molar refractivity (Wildman–Crippen MR) is 82.0 cm³/mol. The fourth-order valence-corrected chi connectivity index (χ4v) is 3.19. The number of pyridine rings is 1. The van der Waals surface area contributed by atoms with E-state index in [0.29, 0.717) is 6.54 Å². The average Bonchev–Trinajstić information content (AvgIpc) is 2.32. The predicted octanol–water partition coefficient (Wildman–Crippen LogP) is 4.00. The summed E-state index contributed by atoms with van der Waals surface area (Å²) < 4.78 is 0. The van der Waals surface area contributed by atoms with Crippen molar-refractivity contribution < 1.29 is 0 Å². The van der Waals surface area contributed by atoms with Gasteiger partial charge in [0.25, 0.3) is 0 Å². The van der Waals surface area contributed by atoms with Crippen molar-refractivity contribution in [3.63, 3.8) is 0 Å². The van der Waals surface area contributed by atoms with Gasteiger partial charge in [-0.25, -0.2) is 4.98 Å². The van der Waals surface area contributed by atoms with Crippen LogP contribution in [0.15, 0.2) is 40.3 Å². The molecular weight excluding hydrogens is 276 g/mol. The SMILES string of the molecule is Cc1cc(C)nc(Sc2ccc(CCN)cc2Cl)c1. The van der Waals surface area contributed by atoms with Crippen molar-refractivity contribution in [2.45, 2.75) is 30.2 Å². The van der Waals surface area contributed by atoms with E-state index in [0.717, 1.165) is 27.1 Å². The molecule has 0 aliphatic rings. The second-order valence-corrected chi connectivity index (χ2v) is 6.00. The molecule has 2 aromatic rings. The summed E-state index contributed by atoms with van der Waals surface area (Å²) in [5.74, 6) is 0. The first-order valence-corrected chi connectivity index (χ1v) is 7.39. The molecule has 0 radical (unpaired) electrons. The molecule has 1 aromatic heterocycles. The number of nitrogens with zero attached hydrogens (tertiary/aromatic N) is 1. The van der Waals surface area contributed by atoms with Crippen molar-refractivity contribution >= 4 is 23.4 Å². The number of rotatable bonds is 4. The van der Waals surface area contributed by atoms with Crippen LogP contribution >= 0.6 is 23.4 Å². The maximum Gasteiger partial charge on any atom is 0.101 e. The first kappa shape index (κ1) is 14.4. The first-order valence-electron chi connectivity index (χ1n) is 6.20. The Labute approximate surface area is 123 Å². The van der Waals surface area contributed by atoms with Crippen LogP contribution in [0.5, 0.6) is 0 Å². The Morgan fingerprint density at radius 3 is 2.63 bits per heavy atom. The van der Waals surface area contributed by atoms with Gasteiger partial charge in [-0.05, 0) is 62.2 Å². The first-order chi connectivity index (χ1) is 9.08. The third kappa shape index (κ3) is 3.96. The van der Waals surface area contributed by atoms with Crippen molar-refractivity contribution in [1.29, 1.82) is 0 Å². The van der Waals surface area contributed by atoms with Gasteiger partial charge in [0.05, 0.1) is 5.02 Å². The molecule has 4 heteroatoms. The third-order valence-corrected chi connectivity index (χ3v) is 4.14. The molecule has 0 aliphatic carbocycles. The van der Waals surface area contributed by atoms with E-state index in [1.54, 1.807) is 11.8 Å². The van der Waals surface area contributed by atoms with Gasteiger partial charge in [0, 0.05) is 10.6 Å². The Balaban J connectivity index is 2.23. The van der Waals surface area contributed by atoms with Gasteiger partial charge in [-0.15, -0.1) is 0 Å².